The summed E-state index contributed by atoms with van der Waals surface area (Å²) in [6.45, 7) is 1.38. The molecule has 2 amide bonds. The molecule has 1 heterocycles. The molecule has 0 radical (unpaired) electrons. The largest absolute Gasteiger partial charge is 0.383 e. The van der Waals surface area contributed by atoms with E-state index in [0.717, 1.165) is 43.2 Å². The van der Waals surface area contributed by atoms with E-state index >= 15 is 0 Å². The van der Waals surface area contributed by atoms with Crippen molar-refractivity contribution in [3.8, 4) is 0 Å². The predicted molar refractivity (Wildman–Crippen MR) is 121 cm³/mol. The van der Waals surface area contributed by atoms with Crippen molar-refractivity contribution in [1.29, 1.82) is 0 Å². The number of nitrogens with one attached hydrogen (secondary N) is 1. The van der Waals surface area contributed by atoms with Gasteiger partial charge in [-0.1, -0.05) is 49.6 Å². The van der Waals surface area contributed by atoms with E-state index in [9.17, 15) is 14.0 Å². The van der Waals surface area contributed by atoms with Crippen molar-refractivity contribution < 1.29 is 18.7 Å². The molecule has 4 rings (SSSR count). The van der Waals surface area contributed by atoms with Crippen molar-refractivity contribution in [3.05, 3.63) is 71.0 Å². The van der Waals surface area contributed by atoms with Crippen LogP contribution in [0.3, 0.4) is 0 Å². The maximum Gasteiger partial charge on any atom is 0.254 e. The second kappa shape index (κ2) is 9.82. The summed E-state index contributed by atoms with van der Waals surface area (Å²) >= 11 is 0. The fourth-order valence-electron chi connectivity index (χ4n) is 5.43. The molecule has 1 aliphatic heterocycles. The van der Waals surface area contributed by atoms with E-state index in [1.165, 1.54) is 12.1 Å². The number of fused-ring (bicyclic) bond motifs is 1. The highest BCUT2D eigenvalue weighted by atomic mass is 19.1. The molecule has 5 nitrogen and oxygen atoms in total. The fourth-order valence-corrected chi connectivity index (χ4v) is 5.43. The van der Waals surface area contributed by atoms with Gasteiger partial charge < -0.3 is 15.0 Å². The minimum atomic E-state index is -0.526. The van der Waals surface area contributed by atoms with Gasteiger partial charge in [-0.25, -0.2) is 4.39 Å². The van der Waals surface area contributed by atoms with E-state index < -0.39 is 11.5 Å². The highest BCUT2D eigenvalue weighted by molar-refractivity contribution is 6.02. The van der Waals surface area contributed by atoms with Gasteiger partial charge in [0, 0.05) is 25.8 Å². The summed E-state index contributed by atoms with van der Waals surface area (Å²) in [6, 6.07) is 13.9. The Labute approximate surface area is 188 Å². The Hall–Kier alpha value is -2.73. The minimum absolute atomic E-state index is 0.00471. The Balaban J connectivity index is 1.63. The molecule has 0 bridgehead atoms. The number of hydrogen-bond acceptors (Lipinski definition) is 3. The van der Waals surface area contributed by atoms with E-state index in [1.807, 2.05) is 29.2 Å². The number of nitrogens with zero attached hydrogens (tertiary/aromatic N) is 1. The van der Waals surface area contributed by atoms with Gasteiger partial charge in [-0.3, -0.25) is 9.59 Å². The second-order valence-electron chi connectivity index (χ2n) is 8.80. The summed E-state index contributed by atoms with van der Waals surface area (Å²) in [4.78, 5) is 29.1. The molecule has 6 heteroatoms. The van der Waals surface area contributed by atoms with E-state index in [-0.39, 0.29) is 17.6 Å². The lowest BCUT2D eigenvalue weighted by atomic mass is 9.65. The smallest absolute Gasteiger partial charge is 0.254 e. The molecule has 1 aliphatic carbocycles. The molecule has 0 saturated heterocycles. The number of ether oxygens (including phenoxy) is 1. The average Bonchev–Trinajstić information content (AvgIpc) is 2.81. The van der Waals surface area contributed by atoms with Crippen LogP contribution in [0.5, 0.6) is 0 Å². The quantitative estimate of drug-likeness (QED) is 0.709. The molecule has 0 unspecified atom stereocenters. The van der Waals surface area contributed by atoms with E-state index in [4.69, 9.17) is 4.74 Å². The summed E-state index contributed by atoms with van der Waals surface area (Å²) in [7, 11) is 1.63. The summed E-state index contributed by atoms with van der Waals surface area (Å²) in [5.74, 6) is -0.732. The third-order valence-corrected chi connectivity index (χ3v) is 6.95. The van der Waals surface area contributed by atoms with Crippen LogP contribution in [0.1, 0.15) is 59.5 Å². The monoisotopic (exact) mass is 438 g/mol. The zero-order chi connectivity index (χ0) is 22.6. The molecular weight excluding hydrogens is 407 g/mol. The molecule has 1 N–H and O–H groups in total. The number of halogens is 1. The van der Waals surface area contributed by atoms with E-state index in [0.29, 0.717) is 31.7 Å². The van der Waals surface area contributed by atoms with Crippen LogP contribution in [0, 0.1) is 5.82 Å². The highest BCUT2D eigenvalue weighted by Crippen LogP contribution is 2.49. The molecule has 1 fully saturated rings. The van der Waals surface area contributed by atoms with Crippen molar-refractivity contribution in [2.45, 2.75) is 50.0 Å². The molecule has 1 spiro atoms. The van der Waals surface area contributed by atoms with Crippen LogP contribution in [-0.4, -0.2) is 49.1 Å². The number of hydrogen-bond donors (Lipinski definition) is 1. The Morgan fingerprint density at radius 2 is 1.84 bits per heavy atom. The van der Waals surface area contributed by atoms with Crippen LogP contribution >= 0.6 is 0 Å². The number of amides is 2. The molecule has 2 aromatic rings. The molecule has 2 aliphatic rings. The van der Waals surface area contributed by atoms with Gasteiger partial charge in [-0.05, 0) is 48.6 Å². The Bertz CT molecular complexity index is 954. The van der Waals surface area contributed by atoms with E-state index in [2.05, 4.69) is 5.32 Å². The van der Waals surface area contributed by atoms with Gasteiger partial charge in [0.1, 0.15) is 5.82 Å². The SMILES string of the molecule is COCCN1C(=O)c2ccccc2[C@H](C(=O)NCCc2ccc(F)cc2)C12CCCCC2. The Morgan fingerprint density at radius 3 is 2.56 bits per heavy atom. The summed E-state index contributed by atoms with van der Waals surface area (Å²) in [5, 5.41) is 3.12. The lowest BCUT2D eigenvalue weighted by Gasteiger charge is -2.53. The van der Waals surface area contributed by atoms with Crippen molar-refractivity contribution in [1.82, 2.24) is 10.2 Å². The fraction of sp³-hybridized carbons (Fsp3) is 0.462. The van der Waals surface area contributed by atoms with Gasteiger partial charge in [-0.2, -0.15) is 0 Å². The zero-order valence-corrected chi connectivity index (χ0v) is 18.6. The molecule has 2 aromatic carbocycles. The summed E-state index contributed by atoms with van der Waals surface area (Å²) < 4.78 is 18.5. The third kappa shape index (κ3) is 4.29. The van der Waals surface area contributed by atoms with Crippen LogP contribution in [0.25, 0.3) is 0 Å². The number of benzene rings is 2. The molecular formula is C26H31FN2O3. The molecule has 32 heavy (non-hydrogen) atoms. The van der Waals surface area contributed by atoms with Crippen LogP contribution in [-0.2, 0) is 16.0 Å². The first-order chi connectivity index (χ1) is 15.6. The average molecular weight is 439 g/mol. The maximum absolute atomic E-state index is 13.7. The number of carbonyl (C=O) groups excluding carboxylic acids is 2. The van der Waals surface area contributed by atoms with Gasteiger partial charge in [0.2, 0.25) is 5.91 Å². The van der Waals surface area contributed by atoms with Crippen LogP contribution in [0.15, 0.2) is 48.5 Å². The first-order valence-corrected chi connectivity index (χ1v) is 11.5. The van der Waals surface area contributed by atoms with Crippen molar-refractivity contribution >= 4 is 11.8 Å². The lowest BCUT2D eigenvalue weighted by molar-refractivity contribution is -0.127. The first-order valence-electron chi connectivity index (χ1n) is 11.5. The normalized spacial score (nSPS) is 19.6. The number of methoxy groups -OCH3 is 1. The van der Waals surface area contributed by atoms with Crippen molar-refractivity contribution in [2.24, 2.45) is 0 Å². The molecule has 170 valence electrons. The van der Waals surface area contributed by atoms with Crippen LogP contribution in [0.4, 0.5) is 4.39 Å². The van der Waals surface area contributed by atoms with Crippen molar-refractivity contribution in [3.63, 3.8) is 0 Å². The molecule has 1 saturated carbocycles. The van der Waals surface area contributed by atoms with E-state index in [1.54, 1.807) is 19.2 Å². The zero-order valence-electron chi connectivity index (χ0n) is 18.6. The number of carbonyl (C=O) groups is 2. The summed E-state index contributed by atoms with van der Waals surface area (Å²) in [5.41, 5.74) is 1.88. The Kier molecular flexibility index (Phi) is 6.89. The van der Waals surface area contributed by atoms with Gasteiger partial charge in [0.25, 0.3) is 5.91 Å². The standard InChI is InChI=1S/C26H31FN2O3/c1-32-18-17-29-25(31)22-8-4-3-7-21(22)23(26(29)14-5-2-6-15-26)24(30)28-16-13-19-9-11-20(27)12-10-19/h3-4,7-12,23H,2,5-6,13-18H2,1H3,(H,28,30)/t23-/m1/s1. The molecule has 0 aromatic heterocycles. The van der Waals surface area contributed by atoms with Gasteiger partial charge >= 0.3 is 0 Å². The number of rotatable bonds is 7. The predicted octanol–water partition coefficient (Wildman–Crippen LogP) is 4.07. The van der Waals surface area contributed by atoms with Gasteiger partial charge in [-0.15, -0.1) is 0 Å². The van der Waals surface area contributed by atoms with Gasteiger partial charge in [0.05, 0.1) is 18.1 Å². The Morgan fingerprint density at radius 1 is 1.12 bits per heavy atom. The first kappa shape index (κ1) is 22.5. The summed E-state index contributed by atoms with van der Waals surface area (Å²) in [6.07, 6.45) is 5.37. The van der Waals surface area contributed by atoms with Crippen LogP contribution < -0.4 is 5.32 Å². The highest BCUT2D eigenvalue weighted by Gasteiger charge is 2.54. The maximum atomic E-state index is 13.7. The third-order valence-electron chi connectivity index (χ3n) is 6.95. The lowest BCUT2D eigenvalue weighted by Crippen LogP contribution is -2.63. The van der Waals surface area contributed by atoms with Crippen LogP contribution in [0.2, 0.25) is 0 Å². The minimum Gasteiger partial charge on any atom is -0.383 e. The second-order valence-corrected chi connectivity index (χ2v) is 8.80. The topological polar surface area (TPSA) is 58.6 Å². The molecule has 1 atom stereocenters. The van der Waals surface area contributed by atoms with Gasteiger partial charge in [0.15, 0.2) is 0 Å². The van der Waals surface area contributed by atoms with Crippen molar-refractivity contribution in [2.75, 3.05) is 26.8 Å².